The van der Waals surface area contributed by atoms with E-state index in [-0.39, 0.29) is 11.5 Å². The van der Waals surface area contributed by atoms with Crippen molar-refractivity contribution >= 4 is 5.91 Å². The maximum atomic E-state index is 14.0. The summed E-state index contributed by atoms with van der Waals surface area (Å²) >= 11 is 0. The van der Waals surface area contributed by atoms with E-state index in [0.29, 0.717) is 24.4 Å². The van der Waals surface area contributed by atoms with Gasteiger partial charge in [-0.05, 0) is 37.9 Å². The molecule has 0 atom stereocenters. The van der Waals surface area contributed by atoms with Gasteiger partial charge >= 0.3 is 0 Å². The molecule has 1 aliphatic heterocycles. The van der Waals surface area contributed by atoms with Crippen LogP contribution in [0.1, 0.15) is 30.4 Å². The highest BCUT2D eigenvalue weighted by atomic mass is 19.1. The molecule has 1 fully saturated rings. The summed E-state index contributed by atoms with van der Waals surface area (Å²) in [6.45, 7) is 2.16. The van der Waals surface area contributed by atoms with E-state index in [9.17, 15) is 9.18 Å². The molecule has 1 aliphatic rings. The predicted molar refractivity (Wildman–Crippen MR) is 72.9 cm³/mol. The molecule has 5 heteroatoms. The summed E-state index contributed by atoms with van der Waals surface area (Å²) in [5.41, 5.74) is 5.84. The van der Waals surface area contributed by atoms with Crippen LogP contribution in [0.25, 0.3) is 0 Å². The van der Waals surface area contributed by atoms with Gasteiger partial charge in [0.25, 0.3) is 0 Å². The SMILES string of the molecule is N#Cc1cccc(CN2CCC(CC(N)=O)CC2)c1F. The fourth-order valence-corrected chi connectivity index (χ4v) is 2.66. The Morgan fingerprint density at radius 2 is 2.15 bits per heavy atom. The number of nitrogens with two attached hydrogens (primary N) is 1. The summed E-state index contributed by atoms with van der Waals surface area (Å²) in [6, 6.07) is 6.76. The highest BCUT2D eigenvalue weighted by molar-refractivity contribution is 5.73. The molecule has 1 amide bonds. The van der Waals surface area contributed by atoms with Crippen LogP contribution in [0.3, 0.4) is 0 Å². The molecule has 0 unspecified atom stereocenters. The number of carbonyl (C=O) groups excluding carboxylic acids is 1. The van der Waals surface area contributed by atoms with Gasteiger partial charge in [-0.15, -0.1) is 0 Å². The number of benzene rings is 1. The number of hydrogen-bond donors (Lipinski definition) is 1. The first-order valence-corrected chi connectivity index (χ1v) is 6.78. The van der Waals surface area contributed by atoms with Gasteiger partial charge in [0.1, 0.15) is 11.9 Å². The van der Waals surface area contributed by atoms with Gasteiger partial charge in [0.05, 0.1) is 5.56 Å². The number of primary amides is 1. The van der Waals surface area contributed by atoms with Gasteiger partial charge in [-0.3, -0.25) is 9.69 Å². The Morgan fingerprint density at radius 3 is 2.75 bits per heavy atom. The summed E-state index contributed by atoms with van der Waals surface area (Å²) < 4.78 is 14.0. The summed E-state index contributed by atoms with van der Waals surface area (Å²) in [5.74, 6) is -0.329. The molecule has 0 radical (unpaired) electrons. The smallest absolute Gasteiger partial charge is 0.217 e. The molecular weight excluding hydrogens is 257 g/mol. The lowest BCUT2D eigenvalue weighted by atomic mass is 9.93. The van der Waals surface area contributed by atoms with Crippen molar-refractivity contribution in [2.45, 2.75) is 25.8 Å². The highest BCUT2D eigenvalue weighted by Crippen LogP contribution is 2.22. The van der Waals surface area contributed by atoms with Crippen molar-refractivity contribution in [1.82, 2.24) is 4.90 Å². The molecule has 4 nitrogen and oxygen atoms in total. The van der Waals surface area contributed by atoms with Crippen molar-refractivity contribution in [2.75, 3.05) is 13.1 Å². The molecular formula is C15H18FN3O. The van der Waals surface area contributed by atoms with Crippen LogP contribution in [0.4, 0.5) is 4.39 Å². The van der Waals surface area contributed by atoms with Gasteiger partial charge in [-0.1, -0.05) is 12.1 Å². The lowest BCUT2D eigenvalue weighted by molar-refractivity contribution is -0.119. The summed E-state index contributed by atoms with van der Waals surface area (Å²) in [5, 5.41) is 8.82. The minimum absolute atomic E-state index is 0.0890. The molecule has 1 heterocycles. The van der Waals surface area contributed by atoms with E-state index in [1.807, 2.05) is 6.07 Å². The lowest BCUT2D eigenvalue weighted by Gasteiger charge is -2.31. The molecule has 1 aromatic carbocycles. The first-order valence-electron chi connectivity index (χ1n) is 6.78. The van der Waals surface area contributed by atoms with Crippen molar-refractivity contribution < 1.29 is 9.18 Å². The fourth-order valence-electron chi connectivity index (χ4n) is 2.66. The number of hydrogen-bond acceptors (Lipinski definition) is 3. The Labute approximate surface area is 118 Å². The van der Waals surface area contributed by atoms with Crippen LogP contribution in [0.15, 0.2) is 18.2 Å². The van der Waals surface area contributed by atoms with E-state index in [4.69, 9.17) is 11.0 Å². The minimum atomic E-state index is -0.422. The first-order chi connectivity index (χ1) is 9.60. The molecule has 106 valence electrons. The number of carbonyl (C=O) groups is 1. The van der Waals surface area contributed by atoms with Crippen LogP contribution in [-0.4, -0.2) is 23.9 Å². The van der Waals surface area contributed by atoms with Gasteiger partial charge < -0.3 is 5.73 Å². The van der Waals surface area contributed by atoms with Crippen molar-refractivity contribution in [3.05, 3.63) is 35.1 Å². The maximum Gasteiger partial charge on any atom is 0.217 e. The normalized spacial score (nSPS) is 16.8. The van der Waals surface area contributed by atoms with Gasteiger partial charge in [0.2, 0.25) is 5.91 Å². The predicted octanol–water partition coefficient (Wildman–Crippen LogP) is 1.78. The molecule has 0 aliphatic carbocycles. The van der Waals surface area contributed by atoms with Gasteiger partial charge in [0, 0.05) is 18.5 Å². The molecule has 0 spiro atoms. The number of nitriles is 1. The fraction of sp³-hybridized carbons (Fsp3) is 0.467. The van der Waals surface area contributed by atoms with Crippen LogP contribution in [-0.2, 0) is 11.3 Å². The second-order valence-electron chi connectivity index (χ2n) is 5.28. The van der Waals surface area contributed by atoms with E-state index < -0.39 is 5.82 Å². The van der Waals surface area contributed by atoms with Crippen LogP contribution < -0.4 is 5.73 Å². The summed E-state index contributed by atoms with van der Waals surface area (Å²) in [7, 11) is 0. The average molecular weight is 275 g/mol. The van der Waals surface area contributed by atoms with Crippen molar-refractivity contribution in [2.24, 2.45) is 11.7 Å². The highest BCUT2D eigenvalue weighted by Gasteiger charge is 2.21. The van der Waals surface area contributed by atoms with Crippen LogP contribution in [0.2, 0.25) is 0 Å². The molecule has 20 heavy (non-hydrogen) atoms. The number of rotatable bonds is 4. The van der Waals surface area contributed by atoms with E-state index in [2.05, 4.69) is 4.90 Å². The van der Waals surface area contributed by atoms with Gasteiger partial charge in [-0.25, -0.2) is 4.39 Å². The third kappa shape index (κ3) is 3.55. The number of amides is 1. The Bertz CT molecular complexity index is 530. The lowest BCUT2D eigenvalue weighted by Crippen LogP contribution is -2.34. The van der Waals surface area contributed by atoms with Crippen molar-refractivity contribution in [3.63, 3.8) is 0 Å². The Morgan fingerprint density at radius 1 is 1.45 bits per heavy atom. The van der Waals surface area contributed by atoms with Crippen LogP contribution >= 0.6 is 0 Å². The number of piperidine rings is 1. The van der Waals surface area contributed by atoms with E-state index >= 15 is 0 Å². The average Bonchev–Trinajstić information content (AvgIpc) is 2.43. The molecule has 0 bridgehead atoms. The zero-order valence-electron chi connectivity index (χ0n) is 11.3. The van der Waals surface area contributed by atoms with E-state index in [1.54, 1.807) is 12.1 Å². The third-order valence-corrected chi connectivity index (χ3v) is 3.79. The first kappa shape index (κ1) is 14.5. The number of likely N-dealkylation sites (tertiary alicyclic amines) is 1. The van der Waals surface area contributed by atoms with E-state index in [0.717, 1.165) is 25.9 Å². The monoisotopic (exact) mass is 275 g/mol. The minimum Gasteiger partial charge on any atom is -0.370 e. The van der Waals surface area contributed by atoms with E-state index in [1.165, 1.54) is 6.07 Å². The summed E-state index contributed by atoms with van der Waals surface area (Å²) in [6.07, 6.45) is 2.25. The Balaban J connectivity index is 1.93. The van der Waals surface area contributed by atoms with Crippen LogP contribution in [0.5, 0.6) is 0 Å². The molecule has 0 aromatic heterocycles. The Hall–Kier alpha value is -1.93. The van der Waals surface area contributed by atoms with Crippen LogP contribution in [0, 0.1) is 23.1 Å². The topological polar surface area (TPSA) is 70.1 Å². The van der Waals surface area contributed by atoms with Gasteiger partial charge in [-0.2, -0.15) is 5.26 Å². The third-order valence-electron chi connectivity index (χ3n) is 3.79. The summed E-state index contributed by atoms with van der Waals surface area (Å²) in [4.78, 5) is 13.0. The second-order valence-corrected chi connectivity index (χ2v) is 5.28. The Kier molecular flexibility index (Phi) is 4.70. The van der Waals surface area contributed by atoms with Crippen molar-refractivity contribution in [1.29, 1.82) is 5.26 Å². The second kappa shape index (κ2) is 6.49. The molecule has 2 rings (SSSR count). The standard InChI is InChI=1S/C15H18FN3O/c16-15-12(9-17)2-1-3-13(15)10-19-6-4-11(5-7-19)8-14(18)20/h1-3,11H,4-8,10H2,(H2,18,20). The number of halogens is 1. The quantitative estimate of drug-likeness (QED) is 0.910. The molecule has 2 N–H and O–H groups in total. The molecule has 0 saturated carbocycles. The zero-order chi connectivity index (χ0) is 14.5. The molecule has 1 saturated heterocycles. The van der Waals surface area contributed by atoms with Gasteiger partial charge in [0.15, 0.2) is 0 Å². The van der Waals surface area contributed by atoms with Crippen molar-refractivity contribution in [3.8, 4) is 6.07 Å². The zero-order valence-corrected chi connectivity index (χ0v) is 11.3. The molecule has 1 aromatic rings. The maximum absolute atomic E-state index is 14.0. The largest absolute Gasteiger partial charge is 0.370 e. The number of nitrogens with zero attached hydrogens (tertiary/aromatic N) is 2.